The fraction of sp³-hybridized carbons (Fsp3) is 0.190. The number of hydrogen-bond acceptors (Lipinski definition) is 6. The number of tetrazole rings is 1. The molecular formula is C21H17ClFN7. The average Bonchev–Trinajstić information content (AvgIpc) is 3.47. The predicted octanol–water partition coefficient (Wildman–Crippen LogP) is 4.18. The smallest absolute Gasteiger partial charge is 0.225 e. The highest BCUT2D eigenvalue weighted by atomic mass is 35.5. The van der Waals surface area contributed by atoms with Crippen LogP contribution < -0.4 is 4.90 Å². The van der Waals surface area contributed by atoms with Crippen LogP contribution in [0.25, 0.3) is 28.3 Å². The van der Waals surface area contributed by atoms with Gasteiger partial charge in [-0.1, -0.05) is 23.7 Å². The SMILES string of the molecule is Fc1ccccc1-c1nc(N2CCCC2)ncc1-c1nnnn1-c1ccc(Cl)cc1. The third-order valence-corrected chi connectivity index (χ3v) is 5.33. The quantitative estimate of drug-likeness (QED) is 0.492. The number of rotatable bonds is 4. The van der Waals surface area contributed by atoms with Crippen LogP contribution in [-0.4, -0.2) is 43.3 Å². The second-order valence-corrected chi connectivity index (χ2v) is 7.43. The molecule has 5 rings (SSSR count). The van der Waals surface area contributed by atoms with Crippen molar-refractivity contribution in [2.24, 2.45) is 0 Å². The highest BCUT2D eigenvalue weighted by Crippen LogP contribution is 2.33. The van der Waals surface area contributed by atoms with Gasteiger partial charge in [0, 0.05) is 29.9 Å². The minimum atomic E-state index is -0.365. The molecule has 0 unspecified atom stereocenters. The number of benzene rings is 2. The number of nitrogens with zero attached hydrogens (tertiary/aromatic N) is 7. The zero-order valence-corrected chi connectivity index (χ0v) is 16.7. The number of hydrogen-bond donors (Lipinski definition) is 0. The Kier molecular flexibility index (Phi) is 4.84. The summed E-state index contributed by atoms with van der Waals surface area (Å²) < 4.78 is 16.3. The first-order valence-electron chi connectivity index (χ1n) is 9.62. The Morgan fingerprint density at radius 3 is 2.47 bits per heavy atom. The maximum atomic E-state index is 14.7. The summed E-state index contributed by atoms with van der Waals surface area (Å²) in [6.07, 6.45) is 3.85. The molecule has 1 fully saturated rings. The van der Waals surface area contributed by atoms with Gasteiger partial charge < -0.3 is 4.90 Å². The number of halogens is 2. The molecule has 3 heterocycles. The van der Waals surface area contributed by atoms with E-state index in [4.69, 9.17) is 16.6 Å². The van der Waals surface area contributed by atoms with Gasteiger partial charge in [0.05, 0.1) is 16.9 Å². The van der Waals surface area contributed by atoms with Crippen molar-refractivity contribution in [2.75, 3.05) is 18.0 Å². The van der Waals surface area contributed by atoms with Gasteiger partial charge in [0.15, 0.2) is 5.82 Å². The third kappa shape index (κ3) is 3.39. The van der Waals surface area contributed by atoms with Gasteiger partial charge >= 0.3 is 0 Å². The second-order valence-electron chi connectivity index (χ2n) is 7.00. The second kappa shape index (κ2) is 7.79. The lowest BCUT2D eigenvalue weighted by Crippen LogP contribution is -2.20. The monoisotopic (exact) mass is 421 g/mol. The highest BCUT2D eigenvalue weighted by Gasteiger charge is 2.23. The van der Waals surface area contributed by atoms with Crippen LogP contribution in [0.4, 0.5) is 10.3 Å². The molecule has 9 heteroatoms. The summed E-state index contributed by atoms with van der Waals surface area (Å²) in [4.78, 5) is 11.4. The van der Waals surface area contributed by atoms with E-state index in [1.165, 1.54) is 6.07 Å². The molecule has 0 bridgehead atoms. The minimum Gasteiger partial charge on any atom is -0.341 e. The van der Waals surface area contributed by atoms with Gasteiger partial charge in [-0.15, -0.1) is 5.10 Å². The van der Waals surface area contributed by atoms with E-state index < -0.39 is 0 Å². The van der Waals surface area contributed by atoms with E-state index in [-0.39, 0.29) is 5.82 Å². The minimum absolute atomic E-state index is 0.365. The Balaban J connectivity index is 1.68. The lowest BCUT2D eigenvalue weighted by atomic mass is 10.1. The van der Waals surface area contributed by atoms with Crippen LogP contribution in [0.15, 0.2) is 54.7 Å². The summed E-state index contributed by atoms with van der Waals surface area (Å²) in [6, 6.07) is 13.7. The maximum Gasteiger partial charge on any atom is 0.225 e. The Morgan fingerprint density at radius 2 is 1.70 bits per heavy atom. The van der Waals surface area contributed by atoms with Gasteiger partial charge in [-0.2, -0.15) is 4.68 Å². The average molecular weight is 422 g/mol. The molecule has 2 aromatic carbocycles. The molecule has 4 aromatic rings. The maximum absolute atomic E-state index is 14.7. The van der Waals surface area contributed by atoms with Gasteiger partial charge in [0.1, 0.15) is 5.82 Å². The Labute approximate surface area is 177 Å². The van der Waals surface area contributed by atoms with E-state index in [1.54, 1.807) is 41.2 Å². The zero-order chi connectivity index (χ0) is 20.5. The van der Waals surface area contributed by atoms with E-state index in [0.29, 0.717) is 33.6 Å². The summed E-state index contributed by atoms with van der Waals surface area (Å²) in [6.45, 7) is 1.77. The summed E-state index contributed by atoms with van der Waals surface area (Å²) in [7, 11) is 0. The van der Waals surface area contributed by atoms with Crippen molar-refractivity contribution in [3.05, 3.63) is 65.6 Å². The molecule has 0 spiro atoms. The molecule has 0 saturated carbocycles. The van der Waals surface area contributed by atoms with Crippen molar-refractivity contribution >= 4 is 17.5 Å². The molecule has 150 valence electrons. The first kappa shape index (κ1) is 18.6. The Hall–Kier alpha value is -3.39. The van der Waals surface area contributed by atoms with E-state index in [2.05, 4.69) is 25.4 Å². The van der Waals surface area contributed by atoms with E-state index in [9.17, 15) is 4.39 Å². The number of anilines is 1. The van der Waals surface area contributed by atoms with Crippen LogP contribution in [0.5, 0.6) is 0 Å². The molecule has 0 N–H and O–H groups in total. The standard InChI is InChI=1S/C21H17ClFN7/c22-14-7-9-15(10-8-14)30-20(26-27-28-30)17-13-24-21(29-11-3-4-12-29)25-19(17)16-5-1-2-6-18(16)23/h1-2,5-10,13H,3-4,11-12H2. The van der Waals surface area contributed by atoms with Gasteiger partial charge in [-0.3, -0.25) is 0 Å². The molecule has 1 aliphatic rings. The zero-order valence-electron chi connectivity index (χ0n) is 15.9. The van der Waals surface area contributed by atoms with Crippen LogP contribution in [0.1, 0.15) is 12.8 Å². The molecular weight excluding hydrogens is 405 g/mol. The third-order valence-electron chi connectivity index (χ3n) is 5.08. The molecule has 1 saturated heterocycles. The van der Waals surface area contributed by atoms with Crippen LogP contribution in [-0.2, 0) is 0 Å². The van der Waals surface area contributed by atoms with Crippen molar-refractivity contribution in [1.29, 1.82) is 0 Å². The Morgan fingerprint density at radius 1 is 0.933 bits per heavy atom. The van der Waals surface area contributed by atoms with Gasteiger partial charge in [0.25, 0.3) is 0 Å². The first-order chi connectivity index (χ1) is 14.7. The Bertz CT molecular complexity index is 1190. The predicted molar refractivity (Wildman–Crippen MR) is 112 cm³/mol. The van der Waals surface area contributed by atoms with Crippen molar-refractivity contribution in [3.63, 3.8) is 0 Å². The van der Waals surface area contributed by atoms with Crippen molar-refractivity contribution in [3.8, 4) is 28.3 Å². The van der Waals surface area contributed by atoms with Crippen molar-refractivity contribution in [2.45, 2.75) is 12.8 Å². The molecule has 2 aromatic heterocycles. The summed E-state index contributed by atoms with van der Waals surface area (Å²) in [5.74, 6) is 0.638. The van der Waals surface area contributed by atoms with Crippen molar-refractivity contribution < 1.29 is 4.39 Å². The molecule has 0 amide bonds. The summed E-state index contributed by atoms with van der Waals surface area (Å²) in [5, 5.41) is 12.7. The van der Waals surface area contributed by atoms with Gasteiger partial charge in [-0.05, 0) is 59.7 Å². The fourth-order valence-corrected chi connectivity index (χ4v) is 3.70. The topological polar surface area (TPSA) is 72.6 Å². The van der Waals surface area contributed by atoms with E-state index in [1.807, 2.05) is 12.1 Å². The van der Waals surface area contributed by atoms with Crippen LogP contribution in [0.2, 0.25) is 5.02 Å². The number of aromatic nitrogens is 6. The van der Waals surface area contributed by atoms with Crippen molar-refractivity contribution in [1.82, 2.24) is 30.2 Å². The van der Waals surface area contributed by atoms with E-state index >= 15 is 0 Å². The summed E-state index contributed by atoms with van der Waals surface area (Å²) >= 11 is 6.00. The van der Waals surface area contributed by atoms with Crippen LogP contribution in [0, 0.1) is 5.82 Å². The molecule has 30 heavy (non-hydrogen) atoms. The largest absolute Gasteiger partial charge is 0.341 e. The molecule has 1 aliphatic heterocycles. The molecule has 7 nitrogen and oxygen atoms in total. The first-order valence-corrected chi connectivity index (χ1v) is 10.00. The lowest BCUT2D eigenvalue weighted by molar-refractivity contribution is 0.630. The molecule has 0 radical (unpaired) electrons. The highest BCUT2D eigenvalue weighted by molar-refractivity contribution is 6.30. The normalized spacial score (nSPS) is 13.7. The molecule has 0 aliphatic carbocycles. The van der Waals surface area contributed by atoms with Crippen LogP contribution in [0.3, 0.4) is 0 Å². The van der Waals surface area contributed by atoms with Gasteiger partial charge in [0.2, 0.25) is 5.95 Å². The summed E-state index contributed by atoms with van der Waals surface area (Å²) in [5.41, 5.74) is 2.10. The van der Waals surface area contributed by atoms with E-state index in [0.717, 1.165) is 31.6 Å². The molecule has 0 atom stereocenters. The van der Waals surface area contributed by atoms with Gasteiger partial charge in [-0.25, -0.2) is 14.4 Å². The fourth-order valence-electron chi connectivity index (χ4n) is 3.58. The van der Waals surface area contributed by atoms with Crippen LogP contribution >= 0.6 is 11.6 Å². The lowest BCUT2D eigenvalue weighted by Gasteiger charge is -2.17.